The van der Waals surface area contributed by atoms with E-state index in [0.717, 1.165) is 5.56 Å². The first-order valence-electron chi connectivity index (χ1n) is 12.6. The summed E-state index contributed by atoms with van der Waals surface area (Å²) in [4.78, 5) is 43.0. The van der Waals surface area contributed by atoms with E-state index in [-0.39, 0.29) is 42.2 Å². The van der Waals surface area contributed by atoms with Crippen molar-refractivity contribution in [2.24, 2.45) is 17.8 Å². The molecule has 3 fully saturated rings. The highest BCUT2D eigenvalue weighted by molar-refractivity contribution is 8.02. The van der Waals surface area contributed by atoms with Gasteiger partial charge in [-0.3, -0.25) is 14.4 Å². The summed E-state index contributed by atoms with van der Waals surface area (Å²) in [6, 6.07) is 14.6. The number of ether oxygens (including phenoxy) is 2. The predicted octanol–water partition coefficient (Wildman–Crippen LogP) is 3.27. The average Bonchev–Trinajstić information content (AvgIpc) is 3.50. The van der Waals surface area contributed by atoms with E-state index in [1.165, 1.54) is 4.90 Å². The van der Waals surface area contributed by atoms with E-state index in [1.807, 2.05) is 30.3 Å². The standard InChI is InChI=1S/C28H32N2O6S/c1-4-36-27(34)22-21-14-16(2)28(37-21)23(22)26(33)30(20(15-31)17-8-6-5-7-9-17)24(28)25(32)29-18-10-12-19(35-3)13-11-18/h5-13,16,20-24,31H,4,14-15H2,1-3H3,(H,29,32)/t16?,20-,21+,22-,23+,24?,28?/m1/s1. The molecule has 3 aliphatic heterocycles. The highest BCUT2D eigenvalue weighted by atomic mass is 32.2. The second kappa shape index (κ2) is 10.0. The van der Waals surface area contributed by atoms with Crippen LogP contribution >= 0.6 is 11.8 Å². The molecule has 2 N–H and O–H groups in total. The number of nitrogens with one attached hydrogen (secondary N) is 1. The maximum Gasteiger partial charge on any atom is 0.310 e. The smallest absolute Gasteiger partial charge is 0.310 e. The topological polar surface area (TPSA) is 105 Å². The fourth-order valence-corrected chi connectivity index (χ4v) is 8.91. The minimum Gasteiger partial charge on any atom is -0.497 e. The van der Waals surface area contributed by atoms with Gasteiger partial charge in [0.15, 0.2) is 0 Å². The van der Waals surface area contributed by atoms with Gasteiger partial charge in [0.2, 0.25) is 11.8 Å². The van der Waals surface area contributed by atoms with Gasteiger partial charge in [0, 0.05) is 10.9 Å². The molecule has 0 aromatic heterocycles. The second-order valence-electron chi connectivity index (χ2n) is 9.88. The van der Waals surface area contributed by atoms with E-state index < -0.39 is 28.7 Å². The zero-order valence-electron chi connectivity index (χ0n) is 21.1. The predicted molar refractivity (Wildman–Crippen MR) is 140 cm³/mol. The molecule has 3 aliphatic rings. The van der Waals surface area contributed by atoms with Gasteiger partial charge >= 0.3 is 5.97 Å². The molecule has 3 saturated heterocycles. The average molecular weight is 525 g/mol. The molecule has 2 bridgehead atoms. The third-order valence-electron chi connectivity index (χ3n) is 8.04. The normalized spacial score (nSPS) is 30.6. The zero-order chi connectivity index (χ0) is 26.3. The summed E-state index contributed by atoms with van der Waals surface area (Å²) >= 11 is 1.58. The minimum absolute atomic E-state index is 0.00820. The van der Waals surface area contributed by atoms with E-state index in [4.69, 9.17) is 9.47 Å². The number of esters is 1. The van der Waals surface area contributed by atoms with Gasteiger partial charge in [-0.1, -0.05) is 37.3 Å². The lowest BCUT2D eigenvalue weighted by Crippen LogP contribution is -2.55. The molecular formula is C28H32N2O6S. The SMILES string of the molecule is CCOC(=O)[C@@H]1[C@@H]2CC(C)C3(S2)C(C(=O)Nc2ccc(OC)cc2)N([C@H](CO)c2ccccc2)C(=O)[C@H]13. The third kappa shape index (κ3) is 3.99. The van der Waals surface area contributed by atoms with Crippen LogP contribution in [0.25, 0.3) is 0 Å². The molecule has 0 radical (unpaired) electrons. The summed E-state index contributed by atoms with van der Waals surface area (Å²) in [7, 11) is 1.57. The van der Waals surface area contributed by atoms with Crippen LogP contribution in [0.3, 0.4) is 0 Å². The van der Waals surface area contributed by atoms with Gasteiger partial charge in [-0.25, -0.2) is 0 Å². The molecule has 2 aromatic rings. The lowest BCUT2D eigenvalue weighted by atomic mass is 9.66. The van der Waals surface area contributed by atoms with Crippen LogP contribution in [-0.4, -0.2) is 64.2 Å². The molecule has 1 spiro atoms. The summed E-state index contributed by atoms with van der Waals surface area (Å²) in [6.45, 7) is 3.69. The van der Waals surface area contributed by atoms with Crippen molar-refractivity contribution in [2.45, 2.75) is 42.3 Å². The quantitative estimate of drug-likeness (QED) is 0.511. The summed E-state index contributed by atoms with van der Waals surface area (Å²) in [5, 5.41) is 13.4. The molecule has 37 heavy (non-hydrogen) atoms. The third-order valence-corrected chi connectivity index (χ3v) is 10.1. The van der Waals surface area contributed by atoms with Crippen molar-refractivity contribution in [1.29, 1.82) is 0 Å². The number of hydrogen-bond acceptors (Lipinski definition) is 7. The second-order valence-corrected chi connectivity index (χ2v) is 11.4. The molecule has 3 unspecified atom stereocenters. The monoisotopic (exact) mass is 524 g/mol. The molecule has 0 aliphatic carbocycles. The Morgan fingerprint density at radius 2 is 1.89 bits per heavy atom. The molecule has 2 amide bonds. The zero-order valence-corrected chi connectivity index (χ0v) is 21.9. The van der Waals surface area contributed by atoms with Gasteiger partial charge in [0.25, 0.3) is 0 Å². The van der Waals surface area contributed by atoms with Gasteiger partial charge in [-0.2, -0.15) is 0 Å². The van der Waals surface area contributed by atoms with Gasteiger partial charge in [0.1, 0.15) is 11.8 Å². The number of aliphatic hydroxyl groups is 1. The van der Waals surface area contributed by atoms with Crippen LogP contribution in [0.1, 0.15) is 31.9 Å². The lowest BCUT2D eigenvalue weighted by Gasteiger charge is -2.40. The highest BCUT2D eigenvalue weighted by Gasteiger charge is 2.77. The van der Waals surface area contributed by atoms with Crippen LogP contribution in [0.5, 0.6) is 5.75 Å². The van der Waals surface area contributed by atoms with Crippen LogP contribution in [0.15, 0.2) is 54.6 Å². The first-order valence-corrected chi connectivity index (χ1v) is 13.5. The molecule has 196 valence electrons. The number of hydrogen-bond donors (Lipinski definition) is 2. The Labute approximate surface area is 220 Å². The van der Waals surface area contributed by atoms with Crippen LogP contribution in [0.4, 0.5) is 5.69 Å². The Bertz CT molecular complexity index is 1170. The molecule has 3 heterocycles. The summed E-state index contributed by atoms with van der Waals surface area (Å²) in [5.74, 6) is -1.65. The summed E-state index contributed by atoms with van der Waals surface area (Å²) in [6.07, 6.45) is 0.715. The number of fused-ring (bicyclic) bond motifs is 1. The van der Waals surface area contributed by atoms with Gasteiger partial charge in [-0.15, -0.1) is 11.8 Å². The van der Waals surface area contributed by atoms with E-state index in [9.17, 15) is 19.5 Å². The largest absolute Gasteiger partial charge is 0.497 e. The summed E-state index contributed by atoms with van der Waals surface area (Å²) < 4.78 is 9.82. The molecule has 8 nitrogen and oxygen atoms in total. The number of benzene rings is 2. The van der Waals surface area contributed by atoms with Crippen molar-refractivity contribution in [1.82, 2.24) is 4.90 Å². The van der Waals surface area contributed by atoms with Crippen LogP contribution in [0, 0.1) is 17.8 Å². The van der Waals surface area contributed by atoms with E-state index in [2.05, 4.69) is 12.2 Å². The number of likely N-dealkylation sites (tertiary alicyclic amines) is 1. The van der Waals surface area contributed by atoms with Gasteiger partial charge in [0.05, 0.1) is 42.9 Å². The minimum atomic E-state index is -0.881. The Hall–Kier alpha value is -3.04. The Balaban J connectivity index is 1.59. The molecule has 0 saturated carbocycles. The molecule has 2 aromatic carbocycles. The number of anilines is 1. The Kier molecular flexibility index (Phi) is 6.93. The first kappa shape index (κ1) is 25.6. The van der Waals surface area contributed by atoms with Gasteiger partial charge in [-0.05, 0) is 49.1 Å². The molecular weight excluding hydrogens is 492 g/mol. The van der Waals surface area contributed by atoms with Crippen molar-refractivity contribution in [3.8, 4) is 5.75 Å². The molecule has 9 heteroatoms. The number of carbonyl (C=O) groups is 3. The van der Waals surface area contributed by atoms with Crippen molar-refractivity contribution in [3.63, 3.8) is 0 Å². The van der Waals surface area contributed by atoms with Crippen molar-refractivity contribution < 1.29 is 29.0 Å². The van der Waals surface area contributed by atoms with Crippen LogP contribution in [0.2, 0.25) is 0 Å². The first-order chi connectivity index (χ1) is 17.9. The number of nitrogens with zero attached hydrogens (tertiary/aromatic N) is 1. The van der Waals surface area contributed by atoms with E-state index >= 15 is 0 Å². The summed E-state index contributed by atoms with van der Waals surface area (Å²) in [5.41, 5.74) is 1.31. The fraction of sp³-hybridized carbons (Fsp3) is 0.464. The number of methoxy groups -OCH3 is 1. The Morgan fingerprint density at radius 1 is 1.19 bits per heavy atom. The number of rotatable bonds is 8. The van der Waals surface area contributed by atoms with Crippen molar-refractivity contribution in [3.05, 3.63) is 60.2 Å². The number of aliphatic hydroxyl groups excluding tert-OH is 1. The van der Waals surface area contributed by atoms with Crippen LogP contribution < -0.4 is 10.1 Å². The van der Waals surface area contributed by atoms with E-state index in [0.29, 0.717) is 17.9 Å². The molecule has 7 atom stereocenters. The highest BCUT2D eigenvalue weighted by Crippen LogP contribution is 2.69. The Morgan fingerprint density at radius 3 is 2.51 bits per heavy atom. The fourth-order valence-electron chi connectivity index (χ4n) is 6.52. The van der Waals surface area contributed by atoms with Crippen molar-refractivity contribution >= 4 is 35.2 Å². The van der Waals surface area contributed by atoms with Crippen LogP contribution in [-0.2, 0) is 19.1 Å². The molecule has 5 rings (SSSR count). The number of thioether (sulfide) groups is 1. The van der Waals surface area contributed by atoms with E-state index in [1.54, 1.807) is 50.1 Å². The van der Waals surface area contributed by atoms with Crippen molar-refractivity contribution in [2.75, 3.05) is 25.6 Å². The maximum atomic E-state index is 14.3. The number of carbonyl (C=O) groups excluding carboxylic acids is 3. The van der Waals surface area contributed by atoms with Gasteiger partial charge < -0.3 is 24.8 Å². The maximum absolute atomic E-state index is 14.3. The number of amides is 2. The lowest BCUT2D eigenvalue weighted by molar-refractivity contribution is -0.154.